The van der Waals surface area contributed by atoms with Crippen LogP contribution in [0.5, 0.6) is 5.75 Å². The maximum atomic E-state index is 13.5. The van der Waals surface area contributed by atoms with Crippen molar-refractivity contribution in [3.8, 4) is 5.75 Å². The van der Waals surface area contributed by atoms with Crippen molar-refractivity contribution in [2.45, 2.75) is 6.04 Å². The van der Waals surface area contributed by atoms with Crippen molar-refractivity contribution in [3.63, 3.8) is 0 Å². The van der Waals surface area contributed by atoms with Crippen molar-refractivity contribution >= 4 is 23.1 Å². The van der Waals surface area contributed by atoms with E-state index >= 15 is 0 Å². The first-order valence-electron chi connectivity index (χ1n) is 9.87. The zero-order valence-electron chi connectivity index (χ0n) is 16.8. The summed E-state index contributed by atoms with van der Waals surface area (Å²) in [5, 5.41) is 8.95. The van der Waals surface area contributed by atoms with Crippen LogP contribution in [-0.4, -0.2) is 17.4 Å². The minimum atomic E-state index is -0.335. The lowest BCUT2D eigenvalue weighted by Crippen LogP contribution is -2.40. The Kier molecular flexibility index (Phi) is 5.06. The quantitative estimate of drug-likeness (QED) is 0.503. The van der Waals surface area contributed by atoms with Crippen molar-refractivity contribution in [1.82, 2.24) is 4.57 Å². The molecule has 0 saturated heterocycles. The van der Waals surface area contributed by atoms with Crippen molar-refractivity contribution < 1.29 is 4.74 Å². The molecule has 0 saturated carbocycles. The number of rotatable bonds is 4. The van der Waals surface area contributed by atoms with Gasteiger partial charge < -0.3 is 4.74 Å². The van der Waals surface area contributed by atoms with Gasteiger partial charge in [-0.15, -0.1) is 10.2 Å². The number of benzene rings is 3. The van der Waals surface area contributed by atoms with E-state index < -0.39 is 0 Å². The van der Waals surface area contributed by atoms with Crippen molar-refractivity contribution in [2.24, 2.45) is 10.2 Å². The highest BCUT2D eigenvalue weighted by Gasteiger charge is 2.28. The molecule has 1 atom stereocenters. The standard InChI is InChI=1S/C25H19N3O2S/c1-30-20-14-12-17(13-15-20)16-21-24(29)28-23(19-10-6-3-7-11-19)22(26-27-25(28)31-21)18-8-4-2-5-9-18/h2-16,23H,1H3/b21-16+/t23-/m0/s1. The lowest BCUT2D eigenvalue weighted by Gasteiger charge is -2.22. The molecular formula is C25H19N3O2S. The first kappa shape index (κ1) is 19.2. The molecule has 0 amide bonds. The molecule has 0 radical (unpaired) electrons. The maximum Gasteiger partial charge on any atom is 0.271 e. The van der Waals surface area contributed by atoms with Gasteiger partial charge >= 0.3 is 0 Å². The fourth-order valence-electron chi connectivity index (χ4n) is 3.68. The second-order valence-corrected chi connectivity index (χ2v) is 8.12. The Labute approximate surface area is 182 Å². The summed E-state index contributed by atoms with van der Waals surface area (Å²) in [6, 6.07) is 27.1. The summed E-state index contributed by atoms with van der Waals surface area (Å²) in [4.78, 5) is 14.1. The summed E-state index contributed by atoms with van der Waals surface area (Å²) in [7, 11) is 1.63. The molecule has 1 aromatic heterocycles. The van der Waals surface area contributed by atoms with Crippen LogP contribution in [0.2, 0.25) is 0 Å². The van der Waals surface area contributed by atoms with E-state index in [0.29, 0.717) is 9.33 Å². The lowest BCUT2D eigenvalue weighted by atomic mass is 9.96. The third-order valence-electron chi connectivity index (χ3n) is 5.20. The third-order valence-corrected chi connectivity index (χ3v) is 6.17. The molecule has 0 N–H and O–H groups in total. The monoisotopic (exact) mass is 425 g/mol. The highest BCUT2D eigenvalue weighted by molar-refractivity contribution is 7.07. The molecule has 6 heteroatoms. The molecule has 0 fully saturated rings. The molecule has 2 heterocycles. The van der Waals surface area contributed by atoms with Gasteiger partial charge in [0.2, 0.25) is 4.80 Å². The minimum absolute atomic E-state index is 0.0725. The van der Waals surface area contributed by atoms with Gasteiger partial charge in [0.15, 0.2) is 0 Å². The molecule has 1 aliphatic rings. The summed E-state index contributed by atoms with van der Waals surface area (Å²) < 4.78 is 7.59. The number of nitrogens with zero attached hydrogens (tertiary/aromatic N) is 3. The summed E-state index contributed by atoms with van der Waals surface area (Å²) >= 11 is 1.35. The van der Waals surface area contributed by atoms with Gasteiger partial charge in [-0.2, -0.15) is 0 Å². The van der Waals surface area contributed by atoms with Crippen LogP contribution in [0.3, 0.4) is 0 Å². The van der Waals surface area contributed by atoms with Crippen molar-refractivity contribution in [1.29, 1.82) is 0 Å². The van der Waals surface area contributed by atoms with Crippen LogP contribution in [0, 0.1) is 0 Å². The predicted octanol–water partition coefficient (Wildman–Crippen LogP) is 3.37. The summed E-state index contributed by atoms with van der Waals surface area (Å²) in [6.07, 6.45) is 1.89. The zero-order chi connectivity index (χ0) is 21.2. The molecule has 0 aliphatic carbocycles. The highest BCUT2D eigenvalue weighted by atomic mass is 32.1. The average molecular weight is 426 g/mol. The van der Waals surface area contributed by atoms with E-state index in [-0.39, 0.29) is 11.6 Å². The van der Waals surface area contributed by atoms with Crippen molar-refractivity contribution in [3.05, 3.63) is 121 Å². The van der Waals surface area contributed by atoms with Crippen LogP contribution in [0.25, 0.3) is 6.08 Å². The van der Waals surface area contributed by atoms with Gasteiger partial charge in [0, 0.05) is 5.56 Å². The number of hydrogen-bond donors (Lipinski definition) is 0. The molecule has 5 rings (SSSR count). The number of methoxy groups -OCH3 is 1. The highest BCUT2D eigenvalue weighted by Crippen LogP contribution is 2.24. The van der Waals surface area contributed by atoms with Crippen LogP contribution in [0.15, 0.2) is 99.9 Å². The number of hydrogen-bond acceptors (Lipinski definition) is 5. The second-order valence-electron chi connectivity index (χ2n) is 7.11. The topological polar surface area (TPSA) is 56.0 Å². The van der Waals surface area contributed by atoms with Gasteiger partial charge in [0.05, 0.1) is 17.4 Å². The van der Waals surface area contributed by atoms with E-state index in [1.807, 2.05) is 91.0 Å². The predicted molar refractivity (Wildman–Crippen MR) is 123 cm³/mol. The van der Waals surface area contributed by atoms with Gasteiger partial charge in [-0.3, -0.25) is 9.36 Å². The Morgan fingerprint density at radius 2 is 1.58 bits per heavy atom. The van der Waals surface area contributed by atoms with Gasteiger partial charge in [-0.25, -0.2) is 0 Å². The third kappa shape index (κ3) is 3.62. The Hall–Kier alpha value is -3.77. The van der Waals surface area contributed by atoms with E-state index in [4.69, 9.17) is 4.74 Å². The van der Waals surface area contributed by atoms with Crippen LogP contribution in [0.4, 0.5) is 0 Å². The van der Waals surface area contributed by atoms with Gasteiger partial charge in [0.1, 0.15) is 11.8 Å². The van der Waals surface area contributed by atoms with Crippen LogP contribution < -0.4 is 19.6 Å². The fourth-order valence-corrected chi connectivity index (χ4v) is 4.62. The van der Waals surface area contributed by atoms with Crippen LogP contribution >= 0.6 is 11.3 Å². The number of aromatic nitrogens is 1. The summed E-state index contributed by atoms with van der Waals surface area (Å²) in [5.41, 5.74) is 3.56. The molecule has 152 valence electrons. The van der Waals surface area contributed by atoms with Gasteiger partial charge in [-0.1, -0.05) is 84.1 Å². The molecule has 1 aliphatic heterocycles. The van der Waals surface area contributed by atoms with E-state index in [0.717, 1.165) is 28.2 Å². The molecule has 5 nitrogen and oxygen atoms in total. The maximum absolute atomic E-state index is 13.5. The van der Waals surface area contributed by atoms with Crippen LogP contribution in [0.1, 0.15) is 22.7 Å². The molecule has 3 aromatic carbocycles. The fraction of sp³-hybridized carbons (Fsp3) is 0.0800. The lowest BCUT2D eigenvalue weighted by molar-refractivity contribution is 0.415. The molecule has 4 aromatic rings. The number of ether oxygens (including phenoxy) is 1. The smallest absolute Gasteiger partial charge is 0.271 e. The SMILES string of the molecule is COc1ccc(/C=c2/sc3n(c2=O)[C@@H](c2ccccc2)C(c2ccccc2)=NN=3)cc1. The van der Waals surface area contributed by atoms with E-state index in [2.05, 4.69) is 10.2 Å². The zero-order valence-corrected chi connectivity index (χ0v) is 17.6. The Bertz CT molecular complexity index is 1420. The van der Waals surface area contributed by atoms with E-state index in [1.165, 1.54) is 11.3 Å². The largest absolute Gasteiger partial charge is 0.497 e. The van der Waals surface area contributed by atoms with Crippen LogP contribution in [-0.2, 0) is 0 Å². The summed E-state index contributed by atoms with van der Waals surface area (Å²) in [5.74, 6) is 0.777. The molecule has 0 unspecified atom stereocenters. The number of thiazole rings is 1. The van der Waals surface area contributed by atoms with E-state index in [9.17, 15) is 4.79 Å². The normalized spacial score (nSPS) is 15.7. The van der Waals surface area contributed by atoms with Crippen molar-refractivity contribution in [2.75, 3.05) is 7.11 Å². The molecular weight excluding hydrogens is 406 g/mol. The molecule has 0 spiro atoms. The van der Waals surface area contributed by atoms with Gasteiger partial charge in [0.25, 0.3) is 5.56 Å². The average Bonchev–Trinajstić information content (AvgIpc) is 3.15. The minimum Gasteiger partial charge on any atom is -0.497 e. The Morgan fingerprint density at radius 3 is 2.26 bits per heavy atom. The van der Waals surface area contributed by atoms with E-state index in [1.54, 1.807) is 11.7 Å². The Balaban J connectivity index is 1.68. The van der Waals surface area contributed by atoms with Gasteiger partial charge in [-0.05, 0) is 29.3 Å². The summed E-state index contributed by atoms with van der Waals surface area (Å²) in [6.45, 7) is 0. The first-order valence-corrected chi connectivity index (χ1v) is 10.7. The second kappa shape index (κ2) is 8.16. The molecule has 31 heavy (non-hydrogen) atoms. The first-order chi connectivity index (χ1) is 15.2. The Morgan fingerprint density at radius 1 is 0.903 bits per heavy atom. The number of fused-ring (bicyclic) bond motifs is 1. The molecule has 0 bridgehead atoms.